The van der Waals surface area contributed by atoms with Crippen molar-refractivity contribution in [3.63, 3.8) is 0 Å². The number of hydrogen-bond donors (Lipinski definition) is 6. The van der Waals surface area contributed by atoms with Crippen molar-refractivity contribution in [3.05, 3.63) is 54.1 Å². The van der Waals surface area contributed by atoms with Crippen molar-refractivity contribution in [3.8, 4) is 5.75 Å². The lowest BCUT2D eigenvalue weighted by Gasteiger charge is -2.34. The first-order valence-electron chi connectivity index (χ1n) is 16.1. The maximum Gasteiger partial charge on any atom is 0.416 e. The fourth-order valence-corrected chi connectivity index (χ4v) is 5.83. The van der Waals surface area contributed by atoms with Crippen LogP contribution < -0.4 is 10.1 Å². The van der Waals surface area contributed by atoms with E-state index in [1.165, 1.54) is 18.2 Å². The molecule has 0 bridgehead atoms. The minimum Gasteiger partial charge on any atom is -0.491 e. The predicted octanol–water partition coefficient (Wildman–Crippen LogP) is 2.61. The third-order valence-electron chi connectivity index (χ3n) is 8.44. The van der Waals surface area contributed by atoms with Gasteiger partial charge in [0.05, 0.1) is 29.8 Å². The SMILES string of the molecule is O=C(CCC/C=C\C[C@@H]1[C@@H](/C=C/[C@@H](O)COc2cccc(C(F)(F)F)c2)[C@H](O)C[C@@H]1O)NCCN1CCN(CCCON(O)O)CC1. The third-order valence-corrected chi connectivity index (χ3v) is 8.44. The second-order valence-corrected chi connectivity index (χ2v) is 12.0. The molecule has 12 nitrogen and oxygen atoms in total. The number of aliphatic hydroxyl groups excluding tert-OH is 3. The Kier molecular flexibility index (Phi) is 16.6. The molecule has 47 heavy (non-hydrogen) atoms. The van der Waals surface area contributed by atoms with Gasteiger partial charge in [0.2, 0.25) is 5.91 Å². The monoisotopic (exact) mass is 674 g/mol. The highest BCUT2D eigenvalue weighted by Gasteiger charge is 2.39. The number of piperazine rings is 1. The van der Waals surface area contributed by atoms with Gasteiger partial charge in [-0.05, 0) is 49.8 Å². The highest BCUT2D eigenvalue weighted by atomic mass is 19.4. The van der Waals surface area contributed by atoms with E-state index >= 15 is 0 Å². The van der Waals surface area contributed by atoms with Crippen molar-refractivity contribution in [1.82, 2.24) is 20.5 Å². The van der Waals surface area contributed by atoms with Gasteiger partial charge in [-0.15, -0.1) is 0 Å². The number of ether oxygens (including phenoxy) is 1. The van der Waals surface area contributed by atoms with E-state index in [0.29, 0.717) is 38.6 Å². The van der Waals surface area contributed by atoms with Gasteiger partial charge in [-0.1, -0.05) is 30.4 Å². The van der Waals surface area contributed by atoms with Crippen molar-refractivity contribution in [2.75, 3.05) is 59.0 Å². The molecule has 2 fully saturated rings. The summed E-state index contributed by atoms with van der Waals surface area (Å²) in [6.45, 7) is 5.72. The number of nitrogens with one attached hydrogen (secondary N) is 1. The molecule has 1 saturated heterocycles. The maximum atomic E-state index is 12.9. The van der Waals surface area contributed by atoms with Crippen LogP contribution in [0, 0.1) is 11.8 Å². The minimum atomic E-state index is -4.50. The average Bonchev–Trinajstić information content (AvgIpc) is 3.30. The van der Waals surface area contributed by atoms with Crippen molar-refractivity contribution in [2.45, 2.75) is 63.0 Å². The molecule has 0 unspecified atom stereocenters. The molecule has 1 amide bonds. The number of allylic oxidation sites excluding steroid dienone is 2. The van der Waals surface area contributed by atoms with E-state index in [1.807, 2.05) is 12.2 Å². The van der Waals surface area contributed by atoms with Crippen LogP contribution in [0.25, 0.3) is 0 Å². The number of amides is 1. The zero-order valence-corrected chi connectivity index (χ0v) is 26.5. The quantitative estimate of drug-likeness (QED) is 0.0728. The van der Waals surface area contributed by atoms with Crippen LogP contribution >= 0.6 is 0 Å². The predicted molar refractivity (Wildman–Crippen MR) is 165 cm³/mol. The average molecular weight is 675 g/mol. The second-order valence-electron chi connectivity index (χ2n) is 12.0. The summed E-state index contributed by atoms with van der Waals surface area (Å²) in [6.07, 6.45) is 2.95. The van der Waals surface area contributed by atoms with Gasteiger partial charge < -0.3 is 30.3 Å². The molecule has 2 aliphatic rings. The molecule has 1 aliphatic carbocycles. The second kappa shape index (κ2) is 20.0. The van der Waals surface area contributed by atoms with Crippen molar-refractivity contribution in [2.24, 2.45) is 11.8 Å². The number of nitrogens with zero attached hydrogens (tertiary/aromatic N) is 3. The Morgan fingerprint density at radius 1 is 1.06 bits per heavy atom. The largest absolute Gasteiger partial charge is 0.491 e. The van der Waals surface area contributed by atoms with Gasteiger partial charge in [0.25, 0.3) is 0 Å². The number of rotatable bonds is 19. The van der Waals surface area contributed by atoms with Gasteiger partial charge in [-0.2, -0.15) is 13.2 Å². The molecule has 3 rings (SSSR count). The highest BCUT2D eigenvalue weighted by molar-refractivity contribution is 5.75. The molecule has 1 saturated carbocycles. The lowest BCUT2D eigenvalue weighted by atomic mass is 9.89. The van der Waals surface area contributed by atoms with Crippen molar-refractivity contribution >= 4 is 5.91 Å². The van der Waals surface area contributed by atoms with Gasteiger partial charge >= 0.3 is 6.18 Å². The van der Waals surface area contributed by atoms with E-state index in [0.717, 1.165) is 51.4 Å². The zero-order valence-electron chi connectivity index (χ0n) is 26.5. The summed E-state index contributed by atoms with van der Waals surface area (Å²) >= 11 is 0. The Bertz CT molecular complexity index is 1120. The molecule has 266 valence electrons. The van der Waals surface area contributed by atoms with E-state index in [-0.39, 0.29) is 42.6 Å². The number of hydrogen-bond acceptors (Lipinski definition) is 11. The standard InChI is InChI=1S/C32H49F3N4O8/c33-32(34,35)24-7-5-8-26(21-24)46-23-25(40)11-12-28-27(29(41)22-30(28)42)9-3-1-2-4-10-31(43)36-13-15-38-18-16-37(17-19-38)14-6-20-47-39(44)45/h1,3,5,7-8,11-12,21,25,27-30,40-42,44-45H,2,4,6,9-10,13-20,22-23H2,(H,36,43)/b3-1-,12-11+/t25-,27-,28-,29+,30-/m1/s1. The Morgan fingerprint density at radius 2 is 1.79 bits per heavy atom. The summed E-state index contributed by atoms with van der Waals surface area (Å²) in [7, 11) is 0. The first-order chi connectivity index (χ1) is 22.4. The fourth-order valence-electron chi connectivity index (χ4n) is 5.83. The Labute approximate surface area is 273 Å². The van der Waals surface area contributed by atoms with Gasteiger partial charge in [0.1, 0.15) is 18.5 Å². The number of carbonyl (C=O) groups is 1. The molecule has 1 aliphatic heterocycles. The Hall–Kier alpha value is -2.60. The number of carbonyl (C=O) groups excluding carboxylic acids is 1. The van der Waals surface area contributed by atoms with E-state index in [4.69, 9.17) is 15.2 Å². The molecule has 1 heterocycles. The smallest absolute Gasteiger partial charge is 0.416 e. The normalized spacial score (nSPS) is 23.7. The van der Waals surface area contributed by atoms with Gasteiger partial charge in [0, 0.05) is 64.6 Å². The first kappa shape index (κ1) is 38.8. The van der Waals surface area contributed by atoms with Gasteiger partial charge in [-0.3, -0.25) is 24.9 Å². The Morgan fingerprint density at radius 3 is 2.49 bits per heavy atom. The van der Waals surface area contributed by atoms with Crippen molar-refractivity contribution in [1.29, 1.82) is 0 Å². The van der Waals surface area contributed by atoms with Crippen LogP contribution in [-0.4, -0.2) is 124 Å². The highest BCUT2D eigenvalue weighted by Crippen LogP contribution is 2.36. The molecule has 0 radical (unpaired) electrons. The van der Waals surface area contributed by atoms with Crippen LogP contribution in [-0.2, 0) is 15.8 Å². The van der Waals surface area contributed by atoms with E-state index < -0.39 is 36.0 Å². The van der Waals surface area contributed by atoms with E-state index in [1.54, 1.807) is 6.08 Å². The third kappa shape index (κ3) is 14.6. The van der Waals surface area contributed by atoms with Crippen LogP contribution in [0.2, 0.25) is 0 Å². The van der Waals surface area contributed by atoms with Crippen molar-refractivity contribution < 1.29 is 53.3 Å². The molecule has 0 spiro atoms. The Balaban J connectivity index is 1.28. The van der Waals surface area contributed by atoms with Crippen LogP contribution in [0.15, 0.2) is 48.6 Å². The number of unbranched alkanes of at least 4 members (excludes halogenated alkanes) is 1. The van der Waals surface area contributed by atoms with Crippen LogP contribution in [0.1, 0.15) is 44.1 Å². The topological polar surface area (TPSA) is 158 Å². The number of halogens is 3. The molecular formula is C32H49F3N4O8. The van der Waals surface area contributed by atoms with E-state index in [9.17, 15) is 33.3 Å². The zero-order chi connectivity index (χ0) is 34.2. The lowest BCUT2D eigenvalue weighted by Crippen LogP contribution is -2.48. The minimum absolute atomic E-state index is 0.00557. The van der Waals surface area contributed by atoms with Crippen LogP contribution in [0.5, 0.6) is 5.75 Å². The summed E-state index contributed by atoms with van der Waals surface area (Å²) in [4.78, 5) is 21.4. The van der Waals surface area contributed by atoms with Crippen LogP contribution in [0.4, 0.5) is 13.2 Å². The molecule has 1 aromatic rings. The summed E-state index contributed by atoms with van der Waals surface area (Å²) in [5, 5.41) is 51.0. The summed E-state index contributed by atoms with van der Waals surface area (Å²) in [5.74, 6) is -0.705. The molecule has 5 atom stereocenters. The number of benzene rings is 1. The molecule has 0 aromatic heterocycles. The fraction of sp³-hybridized carbons (Fsp3) is 0.656. The molecule has 6 N–H and O–H groups in total. The summed E-state index contributed by atoms with van der Waals surface area (Å²) in [5.41, 5.74) is -0.845. The lowest BCUT2D eigenvalue weighted by molar-refractivity contribution is -0.492. The van der Waals surface area contributed by atoms with Gasteiger partial charge in [-0.25, -0.2) is 0 Å². The molecule has 1 aromatic carbocycles. The maximum absolute atomic E-state index is 12.9. The molecule has 15 heteroatoms. The molecular weight excluding hydrogens is 625 g/mol. The summed E-state index contributed by atoms with van der Waals surface area (Å²) < 4.78 is 44.0. The first-order valence-corrected chi connectivity index (χ1v) is 16.1. The summed E-state index contributed by atoms with van der Waals surface area (Å²) in [6, 6.07) is 4.40. The van der Waals surface area contributed by atoms with E-state index in [2.05, 4.69) is 20.0 Å². The number of aliphatic hydroxyl groups is 3. The number of alkyl halides is 3. The van der Waals surface area contributed by atoms with Crippen LogP contribution in [0.3, 0.4) is 0 Å². The van der Waals surface area contributed by atoms with Gasteiger partial charge in [0.15, 0.2) is 0 Å².